The molecule has 0 N–H and O–H groups in total. The maximum absolute atomic E-state index is 15.8. The van der Waals surface area contributed by atoms with Crippen LogP contribution < -0.4 is 19.6 Å². The Bertz CT molecular complexity index is 5830. The lowest BCUT2D eigenvalue weighted by atomic mass is 9.49. The summed E-state index contributed by atoms with van der Waals surface area (Å²) in [5.41, 5.74) is 11.7. The average Bonchev–Trinajstić information content (AvgIpc) is 1.68. The van der Waals surface area contributed by atoms with E-state index >= 15 is 35.1 Å². The molecular weight excluding hydrogens is 1430 g/mol. The lowest BCUT2D eigenvalue weighted by Crippen LogP contribution is -2.50. The Morgan fingerprint density at radius 1 is 0.158 bits per heavy atom. The van der Waals surface area contributed by atoms with Crippen LogP contribution in [0.15, 0.2) is 376 Å². The van der Waals surface area contributed by atoms with Crippen molar-refractivity contribution in [3.05, 3.63) is 456 Å². The first-order valence-corrected chi connectivity index (χ1v) is 37.5. The number of anilines is 12. The summed E-state index contributed by atoms with van der Waals surface area (Å²) >= 11 is 0. The van der Waals surface area contributed by atoms with Crippen LogP contribution in [0, 0.1) is 46.5 Å². The van der Waals surface area contributed by atoms with Crippen molar-refractivity contribution in [2.75, 3.05) is 19.6 Å². The Kier molecular flexibility index (Phi) is 16.5. The van der Waals surface area contributed by atoms with Crippen molar-refractivity contribution in [3.63, 3.8) is 0 Å². The summed E-state index contributed by atoms with van der Waals surface area (Å²) in [6.45, 7) is 0. The molecule has 0 saturated heterocycles. The molecule has 12 heteroatoms. The van der Waals surface area contributed by atoms with Crippen LogP contribution in [0.3, 0.4) is 0 Å². The molecule has 0 spiro atoms. The topological polar surface area (TPSA) is 13.0 Å². The number of halogens is 8. The van der Waals surface area contributed by atoms with Crippen molar-refractivity contribution < 1.29 is 35.1 Å². The first-order valence-electron chi connectivity index (χ1n) is 37.5. The summed E-state index contributed by atoms with van der Waals surface area (Å²) in [6.07, 6.45) is 0. The Morgan fingerprint density at radius 2 is 0.307 bits per heavy atom. The van der Waals surface area contributed by atoms with Gasteiger partial charge in [0.2, 0.25) is 0 Å². The first kappa shape index (κ1) is 68.9. The van der Waals surface area contributed by atoms with Crippen LogP contribution in [0.5, 0.6) is 0 Å². The number of fused-ring (bicyclic) bond motifs is 14. The molecule has 0 aromatic heterocycles. The number of hydrogen-bond acceptors (Lipinski definition) is 4. The van der Waals surface area contributed by atoms with Gasteiger partial charge in [0.25, 0.3) is 0 Å². The number of nitrogens with zero attached hydrogens (tertiary/aromatic N) is 4. The van der Waals surface area contributed by atoms with Crippen LogP contribution in [0.2, 0.25) is 0 Å². The summed E-state index contributed by atoms with van der Waals surface area (Å²) in [6, 6.07) is 113. The fourth-order valence-corrected chi connectivity index (χ4v) is 18.4. The van der Waals surface area contributed by atoms with Crippen molar-refractivity contribution in [2.24, 2.45) is 0 Å². The monoisotopic (exact) mass is 1490 g/mol. The van der Waals surface area contributed by atoms with Gasteiger partial charge < -0.3 is 19.6 Å². The summed E-state index contributed by atoms with van der Waals surface area (Å²) in [7, 11) is 0. The largest absolute Gasteiger partial charge is 0.310 e. The van der Waals surface area contributed by atoms with Gasteiger partial charge in [-0.2, -0.15) is 0 Å². The molecule has 18 aromatic rings. The van der Waals surface area contributed by atoms with Gasteiger partial charge >= 0.3 is 0 Å². The molecule has 18 aromatic carbocycles. The molecule has 2 aliphatic rings. The second kappa shape index (κ2) is 27.3. The van der Waals surface area contributed by atoms with Gasteiger partial charge in [-0.1, -0.05) is 158 Å². The summed E-state index contributed by atoms with van der Waals surface area (Å²) in [5, 5.41) is 6.34. The van der Waals surface area contributed by atoms with Gasteiger partial charge in [-0.05, 0) is 296 Å². The second-order valence-corrected chi connectivity index (χ2v) is 28.8. The van der Waals surface area contributed by atoms with Gasteiger partial charge in [0.1, 0.15) is 46.5 Å². The molecule has 0 aliphatic heterocycles. The lowest BCUT2D eigenvalue weighted by molar-refractivity contribution is 0.438. The van der Waals surface area contributed by atoms with Crippen molar-refractivity contribution in [2.45, 2.75) is 10.8 Å². The molecule has 2 aliphatic carbocycles. The minimum Gasteiger partial charge on any atom is -0.310 e. The highest BCUT2D eigenvalue weighted by molar-refractivity contribution is 6.22. The van der Waals surface area contributed by atoms with Gasteiger partial charge in [-0.3, -0.25) is 0 Å². The molecule has 546 valence electrons. The van der Waals surface area contributed by atoms with E-state index in [4.69, 9.17) is 0 Å². The highest BCUT2D eigenvalue weighted by Gasteiger charge is 2.66. The molecule has 0 saturated carbocycles. The molecule has 114 heavy (non-hydrogen) atoms. The Balaban J connectivity index is 1.07. The maximum atomic E-state index is 15.8. The molecule has 0 unspecified atom stereocenters. The predicted molar refractivity (Wildman–Crippen MR) is 445 cm³/mol. The predicted octanol–water partition coefficient (Wildman–Crippen LogP) is 28.6. The maximum Gasteiger partial charge on any atom is 0.123 e. The van der Waals surface area contributed by atoms with Crippen molar-refractivity contribution in [3.8, 4) is 22.3 Å². The summed E-state index contributed by atoms with van der Waals surface area (Å²) < 4.78 is 126. The number of benzene rings is 18. The van der Waals surface area contributed by atoms with E-state index in [1.54, 1.807) is 97.1 Å². The lowest BCUT2D eigenvalue weighted by Gasteiger charge is -2.51. The molecule has 4 nitrogen and oxygen atoms in total. The third kappa shape index (κ3) is 10.8. The molecule has 0 amide bonds. The van der Waals surface area contributed by atoms with Crippen molar-refractivity contribution in [1.29, 1.82) is 0 Å². The smallest absolute Gasteiger partial charge is 0.123 e. The fraction of sp³-hybridized carbons (Fsp3) is 0.0196. The zero-order valence-corrected chi connectivity index (χ0v) is 60.6. The zero-order chi connectivity index (χ0) is 77.1. The fourth-order valence-electron chi connectivity index (χ4n) is 18.4. The Labute approximate surface area is 651 Å². The standard InChI is InChI=1S/C102H62F8N4/c103-65-27-43-73(44-28-65)111(74-45-29-66(104)30-46-74)93-59-89-97(85-23-11-7-19-81(85)93)98-86-24-12-8-20-82(86)94(112(75-47-31-67(105)32-48-75)76-49-33-68(106)34-50-76)60-90(98)101(89,63-15-3-1-4-16-63)102(64-17-5-2-6-18-64)91-61-95(113(77-51-35-69(107)36-52-77)78-53-37-70(108)38-54-78)83-21-9-13-25-87(83)99(91)100-88-26-14-10-22-84(88)96(62-92(100)102)114(79-55-39-71(109)40-56-79)80-57-41-72(110)42-58-80/h1-62H. The Hall–Kier alpha value is -14.4. The SMILES string of the molecule is Fc1ccc(N(c2ccc(F)cc2)c2cc3c(c4ccccc24)-c2c(cc(N(c4ccc(F)cc4)c4ccc(F)cc4)c4ccccc24)C3(c2ccccc2)C2(c3ccccc3)c3cc(N(c4ccc(F)cc4)c4ccc(F)cc4)c4ccccc4c3-c3c2cc(N(c2ccc(F)cc2)c2ccc(F)cc2)c2ccccc32)cc1. The summed E-state index contributed by atoms with van der Waals surface area (Å²) in [5.74, 6) is -3.74. The van der Waals surface area contributed by atoms with Crippen LogP contribution >= 0.6 is 0 Å². The van der Waals surface area contributed by atoms with Crippen molar-refractivity contribution in [1.82, 2.24) is 0 Å². The number of hydrogen-bond donors (Lipinski definition) is 0. The second-order valence-electron chi connectivity index (χ2n) is 28.8. The van der Waals surface area contributed by atoms with E-state index in [0.29, 0.717) is 68.2 Å². The highest BCUT2D eigenvalue weighted by Crippen LogP contribution is 2.74. The zero-order valence-electron chi connectivity index (χ0n) is 60.6. The minimum absolute atomic E-state index is 0.467. The van der Waals surface area contributed by atoms with E-state index in [1.165, 1.54) is 97.1 Å². The minimum atomic E-state index is -1.70. The van der Waals surface area contributed by atoms with Crippen LogP contribution in [-0.4, -0.2) is 0 Å². The van der Waals surface area contributed by atoms with Crippen LogP contribution in [0.25, 0.3) is 65.3 Å². The van der Waals surface area contributed by atoms with E-state index in [1.807, 2.05) is 105 Å². The number of rotatable bonds is 15. The van der Waals surface area contributed by atoms with E-state index in [9.17, 15) is 0 Å². The van der Waals surface area contributed by atoms with Crippen molar-refractivity contribution >= 4 is 111 Å². The third-order valence-corrected chi connectivity index (χ3v) is 22.8. The van der Waals surface area contributed by atoms with Crippen LogP contribution in [0.4, 0.5) is 103 Å². The summed E-state index contributed by atoms with van der Waals surface area (Å²) in [4.78, 5) is 8.18. The molecule has 0 bridgehead atoms. The Morgan fingerprint density at radius 3 is 0.474 bits per heavy atom. The average molecular weight is 1500 g/mol. The van der Waals surface area contributed by atoms with Crippen LogP contribution in [-0.2, 0) is 10.8 Å². The quantitative estimate of drug-likeness (QED) is 0.0949. The first-order chi connectivity index (χ1) is 55.8. The van der Waals surface area contributed by atoms with Gasteiger partial charge in [0.05, 0.1) is 33.6 Å². The highest BCUT2D eigenvalue weighted by atomic mass is 19.2. The van der Waals surface area contributed by atoms with E-state index in [2.05, 4.69) is 97.1 Å². The van der Waals surface area contributed by atoms with Gasteiger partial charge in [-0.25, -0.2) is 35.1 Å². The van der Waals surface area contributed by atoms with E-state index in [-0.39, 0.29) is 0 Å². The van der Waals surface area contributed by atoms with Gasteiger partial charge in [-0.15, -0.1) is 0 Å². The van der Waals surface area contributed by atoms with Gasteiger partial charge in [0, 0.05) is 67.0 Å². The third-order valence-electron chi connectivity index (χ3n) is 22.8. The molecule has 0 atom stereocenters. The van der Waals surface area contributed by atoms with E-state index < -0.39 is 57.4 Å². The molecule has 0 radical (unpaired) electrons. The molecule has 0 heterocycles. The normalized spacial score (nSPS) is 12.9. The molecule has 20 rings (SSSR count). The van der Waals surface area contributed by atoms with Crippen LogP contribution in [0.1, 0.15) is 33.4 Å². The van der Waals surface area contributed by atoms with Gasteiger partial charge in [0.15, 0.2) is 0 Å². The van der Waals surface area contributed by atoms with E-state index in [0.717, 1.165) is 98.7 Å². The molecular formula is C102H62F8N4. The molecule has 0 fully saturated rings.